The Morgan fingerprint density at radius 1 is 1.47 bits per heavy atom. The number of carbonyl (C=O) groups excluding carboxylic acids is 1. The molecule has 3 nitrogen and oxygen atoms in total. The average molecular weight is 212 g/mol. The van der Waals surface area contributed by atoms with Crippen LogP contribution in [0, 0.1) is 0 Å². The van der Waals surface area contributed by atoms with E-state index in [1.165, 1.54) is 6.42 Å². The molecule has 0 N–H and O–H groups in total. The molecule has 1 unspecified atom stereocenters. The van der Waals surface area contributed by atoms with E-state index in [1.807, 2.05) is 13.8 Å². The average Bonchev–Trinajstić information content (AvgIpc) is 2.28. The van der Waals surface area contributed by atoms with Gasteiger partial charge in [0.05, 0.1) is 12.7 Å². The molecule has 3 heteroatoms. The third kappa shape index (κ3) is 3.06. The monoisotopic (exact) mass is 212 g/mol. The Morgan fingerprint density at radius 3 is 2.80 bits per heavy atom. The lowest BCUT2D eigenvalue weighted by Gasteiger charge is -2.25. The van der Waals surface area contributed by atoms with E-state index in [0.29, 0.717) is 6.61 Å². The van der Waals surface area contributed by atoms with Gasteiger partial charge in [-0.1, -0.05) is 6.42 Å². The minimum Gasteiger partial charge on any atom is -0.463 e. The highest BCUT2D eigenvalue weighted by molar-refractivity contribution is 5.88. The normalized spacial score (nSPS) is 24.9. The van der Waals surface area contributed by atoms with Crippen molar-refractivity contribution in [2.45, 2.75) is 45.6 Å². The molecule has 0 spiro atoms. The van der Waals surface area contributed by atoms with Gasteiger partial charge >= 0.3 is 5.97 Å². The maximum atomic E-state index is 11.6. The first-order chi connectivity index (χ1) is 7.20. The van der Waals surface area contributed by atoms with E-state index < -0.39 is 0 Å². The van der Waals surface area contributed by atoms with Gasteiger partial charge < -0.3 is 9.47 Å². The van der Waals surface area contributed by atoms with Gasteiger partial charge in [0.1, 0.15) is 0 Å². The van der Waals surface area contributed by atoms with Crippen LogP contribution in [-0.4, -0.2) is 25.8 Å². The molecule has 0 amide bonds. The summed E-state index contributed by atoms with van der Waals surface area (Å²) in [7, 11) is 1.70. The molecule has 0 aromatic rings. The van der Waals surface area contributed by atoms with Crippen LogP contribution in [0.15, 0.2) is 11.1 Å². The van der Waals surface area contributed by atoms with Crippen molar-refractivity contribution in [3.05, 3.63) is 11.1 Å². The number of esters is 1. The fourth-order valence-corrected chi connectivity index (χ4v) is 2.04. The maximum absolute atomic E-state index is 11.6. The van der Waals surface area contributed by atoms with Crippen molar-refractivity contribution in [1.29, 1.82) is 0 Å². The van der Waals surface area contributed by atoms with Gasteiger partial charge in [-0.05, 0) is 38.7 Å². The van der Waals surface area contributed by atoms with Gasteiger partial charge in [0.25, 0.3) is 0 Å². The van der Waals surface area contributed by atoms with Crippen LogP contribution < -0.4 is 0 Å². The van der Waals surface area contributed by atoms with E-state index >= 15 is 0 Å². The smallest absolute Gasteiger partial charge is 0.333 e. The fraction of sp³-hybridized carbons (Fsp3) is 0.750. The standard InChI is InChI=1S/C12H20O3/c1-4-15-12(13)9(2)10-7-5-6-8-11(10)14-3/h11H,4-8H2,1-3H3. The van der Waals surface area contributed by atoms with Crippen LogP contribution in [0.1, 0.15) is 39.5 Å². The van der Waals surface area contributed by atoms with Crippen LogP contribution in [0.3, 0.4) is 0 Å². The molecular weight excluding hydrogens is 192 g/mol. The van der Waals surface area contributed by atoms with Gasteiger partial charge in [0.15, 0.2) is 0 Å². The first-order valence-corrected chi connectivity index (χ1v) is 5.60. The van der Waals surface area contributed by atoms with E-state index in [4.69, 9.17) is 9.47 Å². The van der Waals surface area contributed by atoms with Crippen LogP contribution in [0.4, 0.5) is 0 Å². The molecule has 1 fully saturated rings. The Kier molecular flexibility index (Phi) is 4.82. The summed E-state index contributed by atoms with van der Waals surface area (Å²) in [5.41, 5.74) is 1.87. The Morgan fingerprint density at radius 2 is 2.20 bits per heavy atom. The van der Waals surface area contributed by atoms with E-state index in [9.17, 15) is 4.79 Å². The summed E-state index contributed by atoms with van der Waals surface area (Å²) in [5.74, 6) is -0.198. The molecule has 0 aliphatic heterocycles. The highest BCUT2D eigenvalue weighted by atomic mass is 16.5. The fourth-order valence-electron chi connectivity index (χ4n) is 2.04. The van der Waals surface area contributed by atoms with E-state index in [0.717, 1.165) is 30.4 Å². The topological polar surface area (TPSA) is 35.5 Å². The van der Waals surface area contributed by atoms with Gasteiger partial charge in [-0.25, -0.2) is 4.79 Å². The molecule has 1 saturated carbocycles. The minimum atomic E-state index is -0.198. The molecule has 1 rings (SSSR count). The molecule has 0 heterocycles. The molecule has 1 atom stereocenters. The quantitative estimate of drug-likeness (QED) is 0.532. The molecule has 86 valence electrons. The summed E-state index contributed by atoms with van der Waals surface area (Å²) < 4.78 is 10.4. The number of hydrogen-bond acceptors (Lipinski definition) is 3. The van der Waals surface area contributed by atoms with Crippen molar-refractivity contribution >= 4 is 5.97 Å². The Bertz CT molecular complexity index is 256. The lowest BCUT2D eigenvalue weighted by atomic mass is 9.89. The molecule has 0 radical (unpaired) electrons. The Balaban J connectivity index is 2.79. The van der Waals surface area contributed by atoms with Crippen LogP contribution in [0.25, 0.3) is 0 Å². The molecule has 0 saturated heterocycles. The number of methoxy groups -OCH3 is 1. The van der Waals surface area contributed by atoms with Crippen molar-refractivity contribution in [3.63, 3.8) is 0 Å². The largest absolute Gasteiger partial charge is 0.463 e. The van der Waals surface area contributed by atoms with Gasteiger partial charge in [0.2, 0.25) is 0 Å². The van der Waals surface area contributed by atoms with Crippen LogP contribution in [0.5, 0.6) is 0 Å². The van der Waals surface area contributed by atoms with Crippen molar-refractivity contribution in [2.24, 2.45) is 0 Å². The summed E-state index contributed by atoms with van der Waals surface area (Å²) in [4.78, 5) is 11.6. The van der Waals surface area contributed by atoms with Crippen LogP contribution in [0.2, 0.25) is 0 Å². The van der Waals surface area contributed by atoms with Crippen LogP contribution in [-0.2, 0) is 14.3 Å². The predicted octanol–water partition coefficient (Wildman–Crippen LogP) is 2.46. The van der Waals surface area contributed by atoms with E-state index in [1.54, 1.807) is 7.11 Å². The first kappa shape index (κ1) is 12.2. The predicted molar refractivity (Wildman–Crippen MR) is 58.6 cm³/mol. The van der Waals surface area contributed by atoms with Crippen molar-refractivity contribution < 1.29 is 14.3 Å². The lowest BCUT2D eigenvalue weighted by molar-refractivity contribution is -0.138. The lowest BCUT2D eigenvalue weighted by Crippen LogP contribution is -2.22. The first-order valence-electron chi connectivity index (χ1n) is 5.60. The Hall–Kier alpha value is -0.830. The zero-order valence-corrected chi connectivity index (χ0v) is 9.84. The third-order valence-corrected chi connectivity index (χ3v) is 2.90. The number of hydrogen-bond donors (Lipinski definition) is 0. The summed E-state index contributed by atoms with van der Waals surface area (Å²) in [6.45, 7) is 4.09. The third-order valence-electron chi connectivity index (χ3n) is 2.90. The Labute approximate surface area is 91.4 Å². The molecular formula is C12H20O3. The highest BCUT2D eigenvalue weighted by Gasteiger charge is 2.23. The zero-order valence-electron chi connectivity index (χ0n) is 9.84. The van der Waals surface area contributed by atoms with E-state index in [-0.39, 0.29) is 12.1 Å². The van der Waals surface area contributed by atoms with Crippen molar-refractivity contribution in [1.82, 2.24) is 0 Å². The van der Waals surface area contributed by atoms with Gasteiger partial charge in [-0.2, -0.15) is 0 Å². The number of carbonyl (C=O) groups is 1. The second-order valence-corrected chi connectivity index (χ2v) is 3.84. The second-order valence-electron chi connectivity index (χ2n) is 3.84. The van der Waals surface area contributed by atoms with Crippen LogP contribution >= 0.6 is 0 Å². The number of rotatable bonds is 3. The van der Waals surface area contributed by atoms with Gasteiger partial charge in [-0.3, -0.25) is 0 Å². The highest BCUT2D eigenvalue weighted by Crippen LogP contribution is 2.28. The molecule has 0 aromatic heterocycles. The SMILES string of the molecule is CCOC(=O)C(C)=C1CCCCC1OC. The maximum Gasteiger partial charge on any atom is 0.333 e. The van der Waals surface area contributed by atoms with Gasteiger partial charge in [-0.15, -0.1) is 0 Å². The molecule has 0 bridgehead atoms. The summed E-state index contributed by atoms with van der Waals surface area (Å²) in [6, 6.07) is 0. The van der Waals surface area contributed by atoms with Crippen molar-refractivity contribution in [2.75, 3.05) is 13.7 Å². The minimum absolute atomic E-state index is 0.114. The second kappa shape index (κ2) is 5.91. The molecule has 0 aromatic carbocycles. The zero-order chi connectivity index (χ0) is 11.3. The molecule has 15 heavy (non-hydrogen) atoms. The van der Waals surface area contributed by atoms with Crippen molar-refractivity contribution in [3.8, 4) is 0 Å². The van der Waals surface area contributed by atoms with E-state index in [2.05, 4.69) is 0 Å². The van der Waals surface area contributed by atoms with Gasteiger partial charge in [0, 0.05) is 12.7 Å². The summed E-state index contributed by atoms with van der Waals surface area (Å²) in [5, 5.41) is 0. The summed E-state index contributed by atoms with van der Waals surface area (Å²) in [6.07, 6.45) is 4.42. The molecule has 1 aliphatic carbocycles. The summed E-state index contributed by atoms with van der Waals surface area (Å²) >= 11 is 0. The molecule has 1 aliphatic rings. The number of ether oxygens (including phenoxy) is 2.